The Labute approximate surface area is 83.5 Å². The lowest BCUT2D eigenvalue weighted by atomic mass is 9.77. The van der Waals surface area contributed by atoms with Crippen molar-refractivity contribution >= 4 is 18.1 Å². The minimum atomic E-state index is -1.05. The second-order valence-corrected chi connectivity index (χ2v) is 3.44. The zero-order valence-corrected chi connectivity index (χ0v) is 8.11. The predicted octanol–water partition coefficient (Wildman–Crippen LogP) is 3.04. The topological polar surface area (TPSA) is 26.0 Å². The molecule has 0 atom stereocenters. The van der Waals surface area contributed by atoms with Gasteiger partial charge in [0.05, 0.1) is 0 Å². The van der Waals surface area contributed by atoms with Crippen LogP contribution in [0.5, 0.6) is 0 Å². The van der Waals surface area contributed by atoms with Gasteiger partial charge in [0, 0.05) is 5.69 Å². The number of hydrogen-bond donors (Lipinski definition) is 1. The molecule has 1 aromatic rings. The maximum Gasteiger partial charge on any atom is 0.136 e. The highest BCUT2D eigenvalue weighted by Crippen LogP contribution is 2.44. The summed E-state index contributed by atoms with van der Waals surface area (Å²) >= 11 is 0. The van der Waals surface area contributed by atoms with Crippen molar-refractivity contribution in [1.82, 2.24) is 0 Å². The number of hydrogen-bond acceptors (Lipinski definition) is 1. The molecule has 0 spiro atoms. The Morgan fingerprint density at radius 1 is 1.15 bits per heavy atom. The van der Waals surface area contributed by atoms with Gasteiger partial charge in [0.15, 0.2) is 0 Å². The molecule has 13 heavy (non-hydrogen) atoms. The Hall–Kier alpha value is -0.760. The Kier molecular flexibility index (Phi) is 2.81. The molecule has 1 saturated carbocycles. The first kappa shape index (κ1) is 10.3. The zero-order valence-electron chi connectivity index (χ0n) is 7.29. The van der Waals surface area contributed by atoms with Gasteiger partial charge in [-0.3, -0.25) is 0 Å². The first-order valence-corrected chi connectivity index (χ1v) is 4.26. The molecule has 2 N–H and O–H groups in total. The van der Waals surface area contributed by atoms with E-state index in [4.69, 9.17) is 5.73 Å². The number of nitrogen functional groups attached to an aromatic ring is 1. The van der Waals surface area contributed by atoms with E-state index in [2.05, 4.69) is 0 Å². The average Bonchev–Trinajstić information content (AvgIpc) is 2.02. The number of benzene rings is 1. The van der Waals surface area contributed by atoms with Crippen LogP contribution in [0.2, 0.25) is 0 Å². The number of rotatable bonds is 1. The summed E-state index contributed by atoms with van der Waals surface area (Å²) in [6, 6.07) is 7.09. The summed E-state index contributed by atoms with van der Waals surface area (Å²) < 4.78 is 13.7. The van der Waals surface area contributed by atoms with Crippen molar-refractivity contribution in [2.24, 2.45) is 0 Å². The number of alkyl halides is 1. The van der Waals surface area contributed by atoms with E-state index in [1.165, 1.54) is 0 Å². The van der Waals surface area contributed by atoms with Crippen molar-refractivity contribution < 1.29 is 4.39 Å². The number of halogens is 2. The third-order valence-corrected chi connectivity index (χ3v) is 2.57. The molecule has 1 nitrogen and oxygen atoms in total. The first-order valence-electron chi connectivity index (χ1n) is 4.26. The van der Waals surface area contributed by atoms with Crippen molar-refractivity contribution in [3.63, 3.8) is 0 Å². The van der Waals surface area contributed by atoms with E-state index in [1.807, 2.05) is 0 Å². The summed E-state index contributed by atoms with van der Waals surface area (Å²) in [6.07, 6.45) is 2.33. The van der Waals surface area contributed by atoms with Crippen LogP contribution >= 0.6 is 12.4 Å². The highest BCUT2D eigenvalue weighted by molar-refractivity contribution is 5.85. The highest BCUT2D eigenvalue weighted by atomic mass is 35.5. The van der Waals surface area contributed by atoms with Gasteiger partial charge in [-0.2, -0.15) is 0 Å². The standard InChI is InChI=1S/C10H12FN.ClH/c11-10(6-1-7-10)8-2-4-9(12)5-3-8;/h2-5H,1,6-7,12H2;1H. The van der Waals surface area contributed by atoms with Crippen LogP contribution in [-0.4, -0.2) is 0 Å². The van der Waals surface area contributed by atoms with E-state index in [-0.39, 0.29) is 12.4 Å². The van der Waals surface area contributed by atoms with Gasteiger partial charge in [-0.15, -0.1) is 12.4 Å². The molecule has 1 aliphatic rings. The fourth-order valence-electron chi connectivity index (χ4n) is 1.56. The van der Waals surface area contributed by atoms with E-state index in [9.17, 15) is 4.39 Å². The molecular formula is C10H13ClFN. The molecule has 0 radical (unpaired) electrons. The van der Waals surface area contributed by atoms with Gasteiger partial charge in [0.2, 0.25) is 0 Å². The summed E-state index contributed by atoms with van der Waals surface area (Å²) in [4.78, 5) is 0. The minimum absolute atomic E-state index is 0. The molecule has 0 unspecified atom stereocenters. The van der Waals surface area contributed by atoms with Crippen LogP contribution < -0.4 is 5.73 Å². The fourth-order valence-corrected chi connectivity index (χ4v) is 1.56. The molecule has 1 fully saturated rings. The second-order valence-electron chi connectivity index (χ2n) is 3.44. The van der Waals surface area contributed by atoms with Crippen LogP contribution in [0.3, 0.4) is 0 Å². The molecule has 0 aromatic heterocycles. The molecule has 0 amide bonds. The van der Waals surface area contributed by atoms with E-state index >= 15 is 0 Å². The van der Waals surface area contributed by atoms with Gasteiger partial charge in [-0.1, -0.05) is 12.1 Å². The molecule has 0 aliphatic heterocycles. The summed E-state index contributed by atoms with van der Waals surface area (Å²) in [5.41, 5.74) is 5.94. The smallest absolute Gasteiger partial charge is 0.136 e. The van der Waals surface area contributed by atoms with Crippen molar-refractivity contribution in [2.75, 3.05) is 5.73 Å². The molecule has 2 rings (SSSR count). The summed E-state index contributed by atoms with van der Waals surface area (Å²) in [6.45, 7) is 0. The summed E-state index contributed by atoms with van der Waals surface area (Å²) in [7, 11) is 0. The van der Waals surface area contributed by atoms with Crippen LogP contribution in [0, 0.1) is 0 Å². The van der Waals surface area contributed by atoms with Crippen molar-refractivity contribution in [1.29, 1.82) is 0 Å². The summed E-state index contributed by atoms with van der Waals surface area (Å²) in [5, 5.41) is 0. The van der Waals surface area contributed by atoms with Crippen molar-refractivity contribution in [3.05, 3.63) is 29.8 Å². The largest absolute Gasteiger partial charge is 0.399 e. The SMILES string of the molecule is Cl.Nc1ccc(C2(F)CCC2)cc1. The first-order chi connectivity index (χ1) is 5.71. The van der Waals surface area contributed by atoms with Crippen LogP contribution in [0.15, 0.2) is 24.3 Å². The molecule has 0 saturated heterocycles. The number of anilines is 1. The van der Waals surface area contributed by atoms with Crippen molar-refractivity contribution in [2.45, 2.75) is 24.9 Å². The van der Waals surface area contributed by atoms with Crippen molar-refractivity contribution in [3.8, 4) is 0 Å². The van der Waals surface area contributed by atoms with Crippen LogP contribution in [0.25, 0.3) is 0 Å². The van der Waals surface area contributed by atoms with E-state index in [1.54, 1.807) is 24.3 Å². The molecule has 72 valence electrons. The van der Waals surface area contributed by atoms with Crippen LogP contribution in [0.4, 0.5) is 10.1 Å². The van der Waals surface area contributed by atoms with Crippen LogP contribution in [-0.2, 0) is 5.67 Å². The minimum Gasteiger partial charge on any atom is -0.399 e. The maximum atomic E-state index is 13.7. The zero-order chi connectivity index (χ0) is 8.60. The van der Waals surface area contributed by atoms with Gasteiger partial charge in [-0.05, 0) is 37.0 Å². The third kappa shape index (κ3) is 1.78. The fraction of sp³-hybridized carbons (Fsp3) is 0.400. The van der Waals surface area contributed by atoms with Gasteiger partial charge in [-0.25, -0.2) is 4.39 Å². The quantitative estimate of drug-likeness (QED) is 0.695. The van der Waals surface area contributed by atoms with Crippen LogP contribution in [0.1, 0.15) is 24.8 Å². The summed E-state index contributed by atoms with van der Waals surface area (Å²) in [5.74, 6) is 0. The second kappa shape index (κ2) is 3.54. The maximum absolute atomic E-state index is 13.7. The van der Waals surface area contributed by atoms with Gasteiger partial charge < -0.3 is 5.73 Å². The Bertz CT molecular complexity index is 279. The molecule has 1 aliphatic carbocycles. The third-order valence-electron chi connectivity index (χ3n) is 2.57. The van der Waals surface area contributed by atoms with E-state index in [0.717, 1.165) is 12.0 Å². The Morgan fingerprint density at radius 3 is 2.08 bits per heavy atom. The number of nitrogens with two attached hydrogens (primary N) is 1. The normalized spacial score (nSPS) is 18.5. The van der Waals surface area contributed by atoms with E-state index < -0.39 is 5.67 Å². The Balaban J connectivity index is 0.000000845. The molecule has 0 heterocycles. The predicted molar refractivity (Wildman–Crippen MR) is 54.7 cm³/mol. The lowest BCUT2D eigenvalue weighted by Crippen LogP contribution is -2.28. The highest BCUT2D eigenvalue weighted by Gasteiger charge is 2.38. The lowest BCUT2D eigenvalue weighted by Gasteiger charge is -2.34. The van der Waals surface area contributed by atoms with E-state index in [0.29, 0.717) is 18.5 Å². The average molecular weight is 202 g/mol. The van der Waals surface area contributed by atoms with Gasteiger partial charge in [0.1, 0.15) is 5.67 Å². The molecule has 3 heteroatoms. The molecule has 1 aromatic carbocycles. The molecular weight excluding hydrogens is 189 g/mol. The van der Waals surface area contributed by atoms with Gasteiger partial charge in [0.25, 0.3) is 0 Å². The lowest BCUT2D eigenvalue weighted by molar-refractivity contribution is 0.0609. The monoisotopic (exact) mass is 201 g/mol. The molecule has 0 bridgehead atoms. The van der Waals surface area contributed by atoms with Gasteiger partial charge >= 0.3 is 0 Å². The Morgan fingerprint density at radius 2 is 1.69 bits per heavy atom.